The van der Waals surface area contributed by atoms with Gasteiger partial charge in [-0.2, -0.15) is 0 Å². The van der Waals surface area contributed by atoms with E-state index < -0.39 is 0 Å². The van der Waals surface area contributed by atoms with Gasteiger partial charge in [-0.1, -0.05) is 56.0 Å². The maximum atomic E-state index is 11.9. The van der Waals surface area contributed by atoms with Crippen LogP contribution >= 0.6 is 0 Å². The molecule has 0 radical (unpaired) electrons. The van der Waals surface area contributed by atoms with Gasteiger partial charge in [-0.3, -0.25) is 4.79 Å². The van der Waals surface area contributed by atoms with Crippen molar-refractivity contribution < 1.29 is 18.8 Å². The van der Waals surface area contributed by atoms with Gasteiger partial charge < -0.3 is 19.3 Å². The fourth-order valence-electron chi connectivity index (χ4n) is 3.28. The van der Waals surface area contributed by atoms with E-state index in [1.807, 2.05) is 42.5 Å². The molecule has 0 spiro atoms. The number of nitrogens with one attached hydrogen (secondary N) is 1. The number of hydrogen-bond acceptors (Lipinski definition) is 3. The Hall–Kier alpha value is -2.53. The Kier molecular flexibility index (Phi) is 11.7. The van der Waals surface area contributed by atoms with Gasteiger partial charge in [-0.05, 0) is 49.6 Å². The van der Waals surface area contributed by atoms with Crippen LogP contribution in [-0.2, 0) is 11.4 Å². The second-order valence-electron chi connectivity index (χ2n) is 8.98. The SMILES string of the molecule is CC[N+](C)(C)CC(=O)NCCCCCCCCOc1ccc(OCc2ccccc2)cc1. The first-order valence-electron chi connectivity index (χ1n) is 12.0. The molecule has 0 bridgehead atoms. The molecule has 0 aliphatic rings. The van der Waals surface area contributed by atoms with Crippen LogP contribution in [0.1, 0.15) is 51.0 Å². The van der Waals surface area contributed by atoms with E-state index in [-0.39, 0.29) is 5.91 Å². The Morgan fingerprint density at radius 1 is 0.812 bits per heavy atom. The normalized spacial score (nSPS) is 11.2. The van der Waals surface area contributed by atoms with E-state index in [0.29, 0.717) is 13.2 Å². The van der Waals surface area contributed by atoms with E-state index in [0.717, 1.165) is 60.5 Å². The second kappa shape index (κ2) is 14.5. The number of rotatable bonds is 16. The Morgan fingerprint density at radius 3 is 2.06 bits per heavy atom. The third-order valence-electron chi connectivity index (χ3n) is 5.66. The number of nitrogens with zero attached hydrogens (tertiary/aromatic N) is 1. The zero-order chi connectivity index (χ0) is 23.1. The summed E-state index contributed by atoms with van der Waals surface area (Å²) in [6.07, 6.45) is 6.88. The first-order chi connectivity index (χ1) is 15.5. The van der Waals surface area contributed by atoms with Crippen LogP contribution in [-0.4, -0.2) is 50.7 Å². The molecule has 2 rings (SSSR count). The predicted molar refractivity (Wildman–Crippen MR) is 131 cm³/mol. The molecule has 0 saturated carbocycles. The van der Waals surface area contributed by atoms with Gasteiger partial charge in [0.1, 0.15) is 18.1 Å². The lowest BCUT2D eigenvalue weighted by atomic mass is 10.1. The zero-order valence-electron chi connectivity index (χ0n) is 20.1. The molecule has 0 aliphatic heterocycles. The van der Waals surface area contributed by atoms with Crippen LogP contribution in [0.25, 0.3) is 0 Å². The van der Waals surface area contributed by atoms with Crippen molar-refractivity contribution in [2.45, 2.75) is 52.1 Å². The minimum Gasteiger partial charge on any atom is -0.494 e. The molecule has 0 aliphatic carbocycles. The lowest BCUT2D eigenvalue weighted by Gasteiger charge is -2.27. The molecular weight excluding hydrogens is 400 g/mol. The van der Waals surface area contributed by atoms with Crippen molar-refractivity contribution in [3.05, 3.63) is 60.2 Å². The van der Waals surface area contributed by atoms with Crippen LogP contribution in [0.4, 0.5) is 0 Å². The van der Waals surface area contributed by atoms with Crippen LogP contribution < -0.4 is 14.8 Å². The van der Waals surface area contributed by atoms with Crippen molar-refractivity contribution in [1.29, 1.82) is 0 Å². The van der Waals surface area contributed by atoms with Crippen LogP contribution in [0.15, 0.2) is 54.6 Å². The van der Waals surface area contributed by atoms with E-state index in [4.69, 9.17) is 9.47 Å². The summed E-state index contributed by atoms with van der Waals surface area (Å²) < 4.78 is 12.4. The molecule has 0 saturated heterocycles. The fourth-order valence-corrected chi connectivity index (χ4v) is 3.28. The van der Waals surface area contributed by atoms with Gasteiger partial charge in [0.25, 0.3) is 5.91 Å². The molecule has 0 unspecified atom stereocenters. The Labute approximate surface area is 194 Å². The van der Waals surface area contributed by atoms with Gasteiger partial charge in [0, 0.05) is 6.54 Å². The Balaban J connectivity index is 1.44. The van der Waals surface area contributed by atoms with Crippen molar-refractivity contribution in [1.82, 2.24) is 5.32 Å². The van der Waals surface area contributed by atoms with Crippen LogP contribution in [0.5, 0.6) is 11.5 Å². The summed E-state index contributed by atoms with van der Waals surface area (Å²) in [5, 5.41) is 3.04. The summed E-state index contributed by atoms with van der Waals surface area (Å²) >= 11 is 0. The quantitative estimate of drug-likeness (QED) is 0.288. The highest BCUT2D eigenvalue weighted by atomic mass is 16.5. The number of unbranched alkanes of at least 4 members (excludes halogenated alkanes) is 5. The van der Waals surface area contributed by atoms with Crippen LogP contribution in [0.3, 0.4) is 0 Å². The number of hydrogen-bond donors (Lipinski definition) is 1. The van der Waals surface area contributed by atoms with E-state index in [9.17, 15) is 4.79 Å². The number of carbonyl (C=O) groups is 1. The minimum atomic E-state index is 0.157. The molecule has 0 heterocycles. The summed E-state index contributed by atoms with van der Waals surface area (Å²) in [7, 11) is 4.17. The summed E-state index contributed by atoms with van der Waals surface area (Å²) in [4.78, 5) is 11.9. The second-order valence-corrected chi connectivity index (χ2v) is 8.98. The summed E-state index contributed by atoms with van der Waals surface area (Å²) in [5.74, 6) is 1.90. The monoisotopic (exact) mass is 441 g/mol. The van der Waals surface area contributed by atoms with Gasteiger partial charge >= 0.3 is 0 Å². The third kappa shape index (κ3) is 11.2. The van der Waals surface area contributed by atoms with E-state index in [1.165, 1.54) is 19.3 Å². The van der Waals surface area contributed by atoms with E-state index in [1.54, 1.807) is 0 Å². The largest absolute Gasteiger partial charge is 0.494 e. The standard InChI is InChI=1S/C27H40N2O3/c1-4-29(2,3)22-27(30)28-20-12-7-5-6-8-13-21-31-25-16-18-26(19-17-25)32-23-24-14-10-9-11-15-24/h9-11,14-19H,4-8,12-13,20-23H2,1-3H3/p+1. The van der Waals surface area contributed by atoms with Gasteiger partial charge in [0.15, 0.2) is 6.54 Å². The van der Waals surface area contributed by atoms with Crippen molar-refractivity contribution in [3.63, 3.8) is 0 Å². The van der Waals surface area contributed by atoms with Crippen molar-refractivity contribution in [3.8, 4) is 11.5 Å². The van der Waals surface area contributed by atoms with Crippen LogP contribution in [0, 0.1) is 0 Å². The Morgan fingerprint density at radius 2 is 1.41 bits per heavy atom. The number of ether oxygens (including phenoxy) is 2. The molecule has 0 aromatic heterocycles. The molecule has 5 heteroatoms. The number of likely N-dealkylation sites (N-methyl/N-ethyl adjacent to an activating group) is 1. The molecule has 2 aromatic carbocycles. The minimum absolute atomic E-state index is 0.157. The molecule has 176 valence electrons. The summed E-state index contributed by atoms with van der Waals surface area (Å²) in [6, 6.07) is 18.0. The first kappa shape index (κ1) is 25.7. The van der Waals surface area contributed by atoms with Crippen molar-refractivity contribution in [2.24, 2.45) is 0 Å². The molecule has 5 nitrogen and oxygen atoms in total. The number of amides is 1. The summed E-state index contributed by atoms with van der Waals surface area (Å²) in [5.41, 5.74) is 1.16. The molecule has 2 aromatic rings. The zero-order valence-corrected chi connectivity index (χ0v) is 20.1. The molecule has 1 amide bonds. The fraction of sp³-hybridized carbons (Fsp3) is 0.519. The average molecular weight is 442 g/mol. The van der Waals surface area contributed by atoms with Gasteiger partial charge in [0.2, 0.25) is 0 Å². The molecule has 32 heavy (non-hydrogen) atoms. The van der Waals surface area contributed by atoms with Crippen LogP contribution in [0.2, 0.25) is 0 Å². The van der Waals surface area contributed by atoms with Gasteiger partial charge in [-0.25, -0.2) is 0 Å². The summed E-state index contributed by atoms with van der Waals surface area (Å²) in [6.45, 7) is 5.73. The molecule has 1 N–H and O–H groups in total. The maximum Gasteiger partial charge on any atom is 0.275 e. The van der Waals surface area contributed by atoms with Crippen molar-refractivity contribution in [2.75, 3.05) is 40.3 Å². The van der Waals surface area contributed by atoms with E-state index in [2.05, 4.69) is 38.5 Å². The molecular formula is C27H41N2O3+. The first-order valence-corrected chi connectivity index (χ1v) is 12.0. The topological polar surface area (TPSA) is 47.6 Å². The smallest absolute Gasteiger partial charge is 0.275 e. The number of quaternary nitrogens is 1. The highest BCUT2D eigenvalue weighted by Crippen LogP contribution is 2.19. The number of carbonyl (C=O) groups excluding carboxylic acids is 1. The predicted octanol–water partition coefficient (Wildman–Crippen LogP) is 5.20. The number of benzene rings is 2. The molecule has 0 fully saturated rings. The highest BCUT2D eigenvalue weighted by Gasteiger charge is 2.16. The van der Waals surface area contributed by atoms with Gasteiger partial charge in [-0.15, -0.1) is 0 Å². The maximum absolute atomic E-state index is 11.9. The van der Waals surface area contributed by atoms with Gasteiger partial charge in [0.05, 0.1) is 27.2 Å². The Bertz CT molecular complexity index is 760. The molecule has 0 atom stereocenters. The van der Waals surface area contributed by atoms with Crippen molar-refractivity contribution >= 4 is 5.91 Å². The lowest BCUT2D eigenvalue weighted by molar-refractivity contribution is -0.880. The third-order valence-corrected chi connectivity index (χ3v) is 5.66. The average Bonchev–Trinajstić information content (AvgIpc) is 2.80. The lowest BCUT2D eigenvalue weighted by Crippen LogP contribution is -2.47. The van der Waals surface area contributed by atoms with E-state index >= 15 is 0 Å². The highest BCUT2D eigenvalue weighted by molar-refractivity contribution is 5.76.